The molecule has 2 fully saturated rings. The molecule has 128 valence electrons. The van der Waals surface area contributed by atoms with Crippen LogP contribution in [0.1, 0.15) is 25.3 Å². The Balaban J connectivity index is 1.62. The predicted octanol–water partition coefficient (Wildman–Crippen LogP) is 2.00. The van der Waals surface area contributed by atoms with Crippen molar-refractivity contribution < 1.29 is 17.9 Å². The highest BCUT2D eigenvalue weighted by Gasteiger charge is 2.42. The van der Waals surface area contributed by atoms with Gasteiger partial charge in [-0.15, -0.1) is 4.40 Å². The number of hydrogen-bond donors (Lipinski definition) is 0. The van der Waals surface area contributed by atoms with Gasteiger partial charge in [0.25, 0.3) is 10.0 Å². The van der Waals surface area contributed by atoms with Crippen molar-refractivity contribution in [1.82, 2.24) is 4.90 Å². The Hall–Kier alpha value is -1.70. The number of amidine groups is 1. The van der Waals surface area contributed by atoms with Gasteiger partial charge in [0.15, 0.2) is 5.79 Å². The highest BCUT2D eigenvalue weighted by molar-refractivity contribution is 8.00. The molecule has 0 aliphatic carbocycles. The lowest BCUT2D eigenvalue weighted by molar-refractivity contribution is -0.180. The second-order valence-electron chi connectivity index (χ2n) is 6.30. The van der Waals surface area contributed by atoms with Gasteiger partial charge in [-0.2, -0.15) is 8.42 Å². The molecule has 7 heteroatoms. The molecule has 0 saturated carbocycles. The van der Waals surface area contributed by atoms with E-state index in [4.69, 9.17) is 9.47 Å². The third-order valence-corrected chi connectivity index (χ3v) is 6.29. The first-order valence-corrected chi connectivity index (χ1v) is 9.59. The SMILES string of the molecule is CC1=C(c2ccccc2)S(=O)(=O)N=C1N1CCC2(CC1)OCCO2. The summed E-state index contributed by atoms with van der Waals surface area (Å²) in [6, 6.07) is 9.15. The summed E-state index contributed by atoms with van der Waals surface area (Å²) in [5.74, 6) is 0.0794. The number of piperidine rings is 1. The molecule has 1 spiro atoms. The zero-order chi connectivity index (χ0) is 16.8. The van der Waals surface area contributed by atoms with E-state index < -0.39 is 15.8 Å². The minimum Gasteiger partial charge on any atom is -0.355 e. The normalized spacial score (nSPS) is 25.4. The van der Waals surface area contributed by atoms with Gasteiger partial charge in [-0.1, -0.05) is 30.3 Å². The van der Waals surface area contributed by atoms with Gasteiger partial charge >= 0.3 is 0 Å². The second-order valence-corrected chi connectivity index (χ2v) is 7.85. The van der Waals surface area contributed by atoms with Crippen LogP contribution in [-0.2, 0) is 19.5 Å². The molecular formula is C17H20N2O4S. The molecule has 0 radical (unpaired) electrons. The van der Waals surface area contributed by atoms with Crippen LogP contribution >= 0.6 is 0 Å². The summed E-state index contributed by atoms with van der Waals surface area (Å²) in [5.41, 5.74) is 1.40. The van der Waals surface area contributed by atoms with Gasteiger partial charge < -0.3 is 14.4 Å². The predicted molar refractivity (Wildman–Crippen MR) is 90.8 cm³/mol. The Morgan fingerprint density at radius 2 is 1.71 bits per heavy atom. The van der Waals surface area contributed by atoms with Crippen LogP contribution < -0.4 is 0 Å². The third-order valence-electron chi connectivity index (χ3n) is 4.81. The first-order valence-electron chi connectivity index (χ1n) is 8.15. The first-order chi connectivity index (χ1) is 11.5. The van der Waals surface area contributed by atoms with Gasteiger partial charge in [-0.05, 0) is 12.5 Å². The highest BCUT2D eigenvalue weighted by Crippen LogP contribution is 2.36. The van der Waals surface area contributed by atoms with E-state index in [0.717, 1.165) is 12.8 Å². The van der Waals surface area contributed by atoms with Crippen molar-refractivity contribution in [2.75, 3.05) is 26.3 Å². The van der Waals surface area contributed by atoms with E-state index in [-0.39, 0.29) is 0 Å². The Morgan fingerprint density at radius 3 is 2.33 bits per heavy atom. The lowest BCUT2D eigenvalue weighted by Crippen LogP contribution is -2.47. The number of rotatable bonds is 1. The van der Waals surface area contributed by atoms with E-state index in [2.05, 4.69) is 4.40 Å². The number of likely N-dealkylation sites (tertiary alicyclic amines) is 1. The maximum absolute atomic E-state index is 12.6. The van der Waals surface area contributed by atoms with Crippen LogP contribution in [0.4, 0.5) is 0 Å². The van der Waals surface area contributed by atoms with Crippen LogP contribution in [0.5, 0.6) is 0 Å². The zero-order valence-electron chi connectivity index (χ0n) is 13.6. The summed E-state index contributed by atoms with van der Waals surface area (Å²) in [6.07, 6.45) is 1.44. The summed E-state index contributed by atoms with van der Waals surface area (Å²) < 4.78 is 40.6. The van der Waals surface area contributed by atoms with E-state index >= 15 is 0 Å². The quantitative estimate of drug-likeness (QED) is 0.776. The Kier molecular flexibility index (Phi) is 3.74. The van der Waals surface area contributed by atoms with Gasteiger partial charge in [0.1, 0.15) is 10.7 Å². The van der Waals surface area contributed by atoms with Crippen molar-refractivity contribution in [2.45, 2.75) is 25.6 Å². The monoisotopic (exact) mass is 348 g/mol. The van der Waals surface area contributed by atoms with Gasteiger partial charge in [0.2, 0.25) is 0 Å². The first kappa shape index (κ1) is 15.8. The van der Waals surface area contributed by atoms with Crippen LogP contribution in [0, 0.1) is 0 Å². The van der Waals surface area contributed by atoms with Crippen molar-refractivity contribution in [3.05, 3.63) is 41.5 Å². The molecule has 3 aliphatic rings. The molecule has 1 aromatic carbocycles. The molecule has 1 aromatic rings. The summed E-state index contributed by atoms with van der Waals surface area (Å²) in [5, 5.41) is 0. The average molecular weight is 348 g/mol. The molecule has 0 N–H and O–H groups in total. The molecule has 6 nitrogen and oxygen atoms in total. The molecule has 0 unspecified atom stereocenters. The van der Waals surface area contributed by atoms with Crippen LogP contribution in [0.15, 0.2) is 40.3 Å². The topological polar surface area (TPSA) is 68.2 Å². The number of benzene rings is 1. The summed E-state index contributed by atoms with van der Waals surface area (Å²) in [4.78, 5) is 2.34. The van der Waals surface area contributed by atoms with Crippen LogP contribution in [0.2, 0.25) is 0 Å². The largest absolute Gasteiger partial charge is 0.355 e. The molecule has 3 aliphatic heterocycles. The number of hydrogen-bond acceptors (Lipinski definition) is 5. The molecule has 0 amide bonds. The third kappa shape index (κ3) is 2.56. The Bertz CT molecular complexity index is 798. The van der Waals surface area contributed by atoms with E-state index in [1.165, 1.54) is 0 Å². The summed E-state index contributed by atoms with van der Waals surface area (Å²) in [6.45, 7) is 4.44. The van der Waals surface area contributed by atoms with Crippen molar-refractivity contribution >= 4 is 20.8 Å². The standard InChI is InChI=1S/C17H20N2O4S/c1-13-15(14-5-3-2-4-6-14)24(20,21)18-16(13)19-9-7-17(8-10-19)22-11-12-23-17/h2-6H,7-12H2,1H3. The van der Waals surface area contributed by atoms with E-state index in [1.54, 1.807) is 12.1 Å². The van der Waals surface area contributed by atoms with E-state index in [1.807, 2.05) is 30.0 Å². The molecule has 0 aromatic heterocycles. The minimum absolute atomic E-state index is 0.312. The smallest absolute Gasteiger partial charge is 0.285 e. The molecule has 0 bridgehead atoms. The number of nitrogens with zero attached hydrogens (tertiary/aromatic N) is 2. The van der Waals surface area contributed by atoms with Crippen LogP contribution in [-0.4, -0.2) is 51.2 Å². The van der Waals surface area contributed by atoms with Crippen molar-refractivity contribution in [3.8, 4) is 0 Å². The molecule has 0 atom stereocenters. The maximum atomic E-state index is 12.6. The molecular weight excluding hydrogens is 328 g/mol. The lowest BCUT2D eigenvalue weighted by Gasteiger charge is -2.38. The maximum Gasteiger partial charge on any atom is 0.285 e. The molecule has 4 rings (SSSR count). The minimum atomic E-state index is -3.65. The highest BCUT2D eigenvalue weighted by atomic mass is 32.2. The lowest BCUT2D eigenvalue weighted by atomic mass is 10.0. The van der Waals surface area contributed by atoms with E-state index in [0.29, 0.717) is 48.2 Å². The van der Waals surface area contributed by atoms with Gasteiger partial charge in [0, 0.05) is 31.5 Å². The number of ether oxygens (including phenoxy) is 2. The van der Waals surface area contributed by atoms with Gasteiger partial charge in [0.05, 0.1) is 13.2 Å². The fourth-order valence-electron chi connectivity index (χ4n) is 3.62. The second kappa shape index (κ2) is 5.68. The van der Waals surface area contributed by atoms with Crippen molar-refractivity contribution in [3.63, 3.8) is 0 Å². The fraction of sp³-hybridized carbons (Fsp3) is 0.471. The van der Waals surface area contributed by atoms with Gasteiger partial charge in [-0.3, -0.25) is 0 Å². The van der Waals surface area contributed by atoms with Crippen molar-refractivity contribution in [1.29, 1.82) is 0 Å². The number of sulfonamides is 1. The zero-order valence-corrected chi connectivity index (χ0v) is 14.4. The van der Waals surface area contributed by atoms with E-state index in [9.17, 15) is 8.42 Å². The Labute approximate surface area is 141 Å². The van der Waals surface area contributed by atoms with Crippen LogP contribution in [0.3, 0.4) is 0 Å². The summed E-state index contributed by atoms with van der Waals surface area (Å²) >= 11 is 0. The fourth-order valence-corrected chi connectivity index (χ4v) is 5.10. The van der Waals surface area contributed by atoms with Crippen LogP contribution in [0.25, 0.3) is 4.91 Å². The average Bonchev–Trinajstić information content (AvgIpc) is 3.12. The molecule has 24 heavy (non-hydrogen) atoms. The van der Waals surface area contributed by atoms with Gasteiger partial charge in [-0.25, -0.2) is 0 Å². The summed E-state index contributed by atoms with van der Waals surface area (Å²) in [7, 11) is -3.65. The molecule has 3 heterocycles. The van der Waals surface area contributed by atoms with Crippen molar-refractivity contribution in [2.24, 2.45) is 4.40 Å². The molecule has 2 saturated heterocycles. The Morgan fingerprint density at radius 1 is 1.08 bits per heavy atom.